The molecule has 1 atom stereocenters. The van der Waals surface area contributed by atoms with Crippen molar-refractivity contribution >= 4 is 16.7 Å². The summed E-state index contributed by atoms with van der Waals surface area (Å²) in [6, 6.07) is 11.4. The number of benzene rings is 2. The van der Waals surface area contributed by atoms with Gasteiger partial charge in [-0.25, -0.2) is 0 Å². The Balaban J connectivity index is 2.42. The van der Waals surface area contributed by atoms with Crippen molar-refractivity contribution in [3.8, 4) is 5.75 Å². The summed E-state index contributed by atoms with van der Waals surface area (Å²) in [5.41, 5.74) is 7.11. The first-order valence-corrected chi connectivity index (χ1v) is 7.23. The van der Waals surface area contributed by atoms with Crippen molar-refractivity contribution in [2.45, 2.75) is 26.3 Å². The Labute approximate surface area is 124 Å². The second kappa shape index (κ2) is 7.09. The molecular weight excluding hydrogens is 266 g/mol. The highest BCUT2D eigenvalue weighted by Crippen LogP contribution is 2.33. The number of hydrogen-bond acceptors (Lipinski definition) is 4. The minimum Gasteiger partial charge on any atom is -0.494 e. The van der Waals surface area contributed by atoms with E-state index >= 15 is 0 Å². The van der Waals surface area contributed by atoms with E-state index in [9.17, 15) is 4.79 Å². The zero-order chi connectivity index (χ0) is 15.2. The van der Waals surface area contributed by atoms with Gasteiger partial charge in [0.25, 0.3) is 0 Å². The van der Waals surface area contributed by atoms with E-state index in [1.807, 2.05) is 43.3 Å². The van der Waals surface area contributed by atoms with E-state index in [1.165, 1.54) is 0 Å². The molecule has 0 aliphatic carbocycles. The number of hydrogen-bond donors (Lipinski definition) is 1. The predicted octanol–water partition coefficient (Wildman–Crippen LogP) is 3.19. The van der Waals surface area contributed by atoms with Gasteiger partial charge in [0.05, 0.1) is 19.6 Å². The first-order valence-electron chi connectivity index (χ1n) is 7.23. The van der Waals surface area contributed by atoms with Crippen LogP contribution in [0.5, 0.6) is 5.75 Å². The van der Waals surface area contributed by atoms with Crippen LogP contribution in [0.3, 0.4) is 0 Å². The molecule has 0 saturated carbocycles. The molecule has 0 radical (unpaired) electrons. The average Bonchev–Trinajstić information content (AvgIpc) is 2.47. The number of fused-ring (bicyclic) bond motifs is 1. The lowest BCUT2D eigenvalue weighted by Crippen LogP contribution is -2.18. The Morgan fingerprint density at radius 3 is 2.62 bits per heavy atom. The zero-order valence-corrected chi connectivity index (χ0v) is 12.5. The average molecular weight is 287 g/mol. The summed E-state index contributed by atoms with van der Waals surface area (Å²) in [7, 11) is 0. The molecule has 4 heteroatoms. The topological polar surface area (TPSA) is 61.5 Å². The van der Waals surface area contributed by atoms with Crippen LogP contribution < -0.4 is 10.5 Å². The van der Waals surface area contributed by atoms with Gasteiger partial charge < -0.3 is 15.2 Å². The Morgan fingerprint density at radius 1 is 1.14 bits per heavy atom. The summed E-state index contributed by atoms with van der Waals surface area (Å²) in [6.07, 6.45) is 0.141. The number of carbonyl (C=O) groups excluding carboxylic acids is 1. The summed E-state index contributed by atoms with van der Waals surface area (Å²) in [5, 5.41) is 2.09. The molecule has 21 heavy (non-hydrogen) atoms. The molecule has 112 valence electrons. The van der Waals surface area contributed by atoms with E-state index in [1.54, 1.807) is 6.92 Å². The maximum atomic E-state index is 11.7. The first-order chi connectivity index (χ1) is 10.2. The molecule has 0 fully saturated rings. The van der Waals surface area contributed by atoms with Crippen LogP contribution in [-0.4, -0.2) is 19.2 Å². The van der Waals surface area contributed by atoms with Crippen LogP contribution in [0, 0.1) is 0 Å². The maximum Gasteiger partial charge on any atom is 0.307 e. The highest BCUT2D eigenvalue weighted by molar-refractivity contribution is 5.88. The van der Waals surface area contributed by atoms with E-state index in [0.717, 1.165) is 22.1 Å². The van der Waals surface area contributed by atoms with Crippen LogP contribution in [0.4, 0.5) is 0 Å². The minimum absolute atomic E-state index is 0.141. The summed E-state index contributed by atoms with van der Waals surface area (Å²) in [4.78, 5) is 11.7. The Bertz CT molecular complexity index is 624. The smallest absolute Gasteiger partial charge is 0.307 e. The Kier molecular flexibility index (Phi) is 5.17. The lowest BCUT2D eigenvalue weighted by atomic mass is 9.96. The van der Waals surface area contributed by atoms with Gasteiger partial charge in [-0.15, -0.1) is 0 Å². The van der Waals surface area contributed by atoms with Crippen LogP contribution in [0.25, 0.3) is 10.8 Å². The third-order valence-electron chi connectivity index (χ3n) is 3.29. The van der Waals surface area contributed by atoms with Crippen LogP contribution in [0.15, 0.2) is 36.4 Å². The lowest BCUT2D eigenvalue weighted by molar-refractivity contribution is -0.143. The van der Waals surface area contributed by atoms with Gasteiger partial charge in [0.2, 0.25) is 0 Å². The molecule has 0 aromatic heterocycles. The number of ether oxygens (including phenoxy) is 2. The maximum absolute atomic E-state index is 11.7. The number of carbonyl (C=O) groups is 1. The summed E-state index contributed by atoms with van der Waals surface area (Å²) >= 11 is 0. The van der Waals surface area contributed by atoms with E-state index in [2.05, 4.69) is 0 Å². The summed E-state index contributed by atoms with van der Waals surface area (Å²) in [6.45, 7) is 4.62. The van der Waals surface area contributed by atoms with Gasteiger partial charge in [0.15, 0.2) is 0 Å². The Hall–Kier alpha value is -2.07. The molecule has 4 nitrogen and oxygen atoms in total. The second-order valence-electron chi connectivity index (χ2n) is 4.75. The molecule has 0 spiro atoms. The van der Waals surface area contributed by atoms with E-state index in [0.29, 0.717) is 13.2 Å². The molecule has 0 saturated heterocycles. The van der Waals surface area contributed by atoms with Gasteiger partial charge >= 0.3 is 5.97 Å². The van der Waals surface area contributed by atoms with Gasteiger partial charge in [-0.3, -0.25) is 4.79 Å². The van der Waals surface area contributed by atoms with Crippen LogP contribution in [0.2, 0.25) is 0 Å². The lowest BCUT2D eigenvalue weighted by Gasteiger charge is -2.18. The quantitative estimate of drug-likeness (QED) is 0.829. The minimum atomic E-state index is -0.448. The molecule has 0 aliphatic rings. The van der Waals surface area contributed by atoms with Gasteiger partial charge in [-0.1, -0.05) is 30.3 Å². The van der Waals surface area contributed by atoms with Crippen molar-refractivity contribution < 1.29 is 14.3 Å². The van der Waals surface area contributed by atoms with Gasteiger partial charge in [0.1, 0.15) is 5.75 Å². The molecule has 2 aromatic rings. The van der Waals surface area contributed by atoms with Gasteiger partial charge in [0, 0.05) is 11.6 Å². The normalized spacial score (nSPS) is 12.1. The molecule has 2 N–H and O–H groups in total. The fraction of sp³-hybridized carbons (Fsp3) is 0.353. The van der Waals surface area contributed by atoms with Gasteiger partial charge in [-0.2, -0.15) is 0 Å². The Morgan fingerprint density at radius 2 is 1.90 bits per heavy atom. The van der Waals surface area contributed by atoms with Gasteiger partial charge in [-0.05, 0) is 30.7 Å². The van der Waals surface area contributed by atoms with Crippen molar-refractivity contribution in [2.75, 3.05) is 13.2 Å². The predicted molar refractivity (Wildman–Crippen MR) is 83.3 cm³/mol. The number of rotatable bonds is 6. The van der Waals surface area contributed by atoms with Crippen LogP contribution in [-0.2, 0) is 9.53 Å². The summed E-state index contributed by atoms with van der Waals surface area (Å²) in [5.74, 6) is 0.438. The van der Waals surface area contributed by atoms with Crippen molar-refractivity contribution in [2.24, 2.45) is 5.73 Å². The monoisotopic (exact) mass is 287 g/mol. The van der Waals surface area contributed by atoms with Crippen molar-refractivity contribution in [1.29, 1.82) is 0 Å². The van der Waals surface area contributed by atoms with E-state index < -0.39 is 6.04 Å². The summed E-state index contributed by atoms with van der Waals surface area (Å²) < 4.78 is 10.7. The molecule has 0 bridgehead atoms. The fourth-order valence-corrected chi connectivity index (χ4v) is 2.44. The van der Waals surface area contributed by atoms with Crippen LogP contribution >= 0.6 is 0 Å². The van der Waals surface area contributed by atoms with Crippen LogP contribution in [0.1, 0.15) is 31.9 Å². The fourth-order valence-electron chi connectivity index (χ4n) is 2.44. The highest BCUT2D eigenvalue weighted by Gasteiger charge is 2.19. The second-order valence-corrected chi connectivity index (χ2v) is 4.75. The molecule has 2 rings (SSSR count). The largest absolute Gasteiger partial charge is 0.494 e. The third-order valence-corrected chi connectivity index (χ3v) is 3.29. The van der Waals surface area contributed by atoms with E-state index in [4.69, 9.17) is 15.2 Å². The molecule has 2 aromatic carbocycles. The molecular formula is C17H21NO3. The molecule has 0 amide bonds. The standard InChI is InChI=1S/C17H21NO3/c1-3-20-15-10-9-12-7-5-6-8-13(12)17(15)14(18)11-16(19)21-4-2/h5-10,14H,3-4,11,18H2,1-2H3/t14-/m0/s1. The number of esters is 1. The van der Waals surface area contributed by atoms with Crippen molar-refractivity contribution in [1.82, 2.24) is 0 Å². The third kappa shape index (κ3) is 3.52. The zero-order valence-electron chi connectivity index (χ0n) is 12.5. The van der Waals surface area contributed by atoms with Crippen molar-refractivity contribution in [3.05, 3.63) is 42.0 Å². The molecule has 0 aliphatic heterocycles. The van der Waals surface area contributed by atoms with E-state index in [-0.39, 0.29) is 12.4 Å². The first kappa shape index (κ1) is 15.3. The molecule has 0 unspecified atom stereocenters. The van der Waals surface area contributed by atoms with Crippen molar-refractivity contribution in [3.63, 3.8) is 0 Å². The SMILES string of the molecule is CCOC(=O)C[C@H](N)c1c(OCC)ccc2ccccc12. The highest BCUT2D eigenvalue weighted by atomic mass is 16.5. The molecule has 0 heterocycles. The number of nitrogens with two attached hydrogens (primary N) is 1.